The number of aromatic nitrogens is 2. The van der Waals surface area contributed by atoms with Crippen LogP contribution in [0.5, 0.6) is 0 Å². The summed E-state index contributed by atoms with van der Waals surface area (Å²) in [7, 11) is -9.21. The number of aliphatic hydroxyl groups is 2. The van der Waals surface area contributed by atoms with Crippen LogP contribution in [0, 0.1) is 0 Å². The third-order valence-electron chi connectivity index (χ3n) is 3.12. The third-order valence-corrected chi connectivity index (χ3v) is 5.63. The summed E-state index contributed by atoms with van der Waals surface area (Å²) in [5, 5.41) is 19.9. The SMILES string of the molecule is CP(=O)(O)OP(=O)(O)OC[C@H]1O[C@@H](n2ccc(N)nc2=O)C(O)C1O. The van der Waals surface area contributed by atoms with Crippen molar-refractivity contribution in [1.82, 2.24) is 9.55 Å². The average Bonchev–Trinajstić information content (AvgIpc) is 2.71. The number of nitrogens with zero attached hydrogens (tertiary/aromatic N) is 2. The second kappa shape index (κ2) is 7.23. The molecule has 25 heavy (non-hydrogen) atoms. The van der Waals surface area contributed by atoms with Gasteiger partial charge in [0.1, 0.15) is 24.1 Å². The van der Waals surface area contributed by atoms with Gasteiger partial charge in [-0.25, -0.2) is 13.7 Å². The summed E-state index contributed by atoms with van der Waals surface area (Å²) < 4.78 is 37.1. The van der Waals surface area contributed by atoms with Gasteiger partial charge in [0.2, 0.25) is 0 Å². The minimum Gasteiger partial charge on any atom is -0.387 e. The lowest BCUT2D eigenvalue weighted by Crippen LogP contribution is -2.36. The van der Waals surface area contributed by atoms with Gasteiger partial charge in [-0.05, 0) is 6.07 Å². The Labute approximate surface area is 140 Å². The van der Waals surface area contributed by atoms with Crippen LogP contribution in [0.25, 0.3) is 0 Å². The summed E-state index contributed by atoms with van der Waals surface area (Å²) in [6.07, 6.45) is -4.65. The molecule has 1 aliphatic rings. The minimum absolute atomic E-state index is 0.0551. The van der Waals surface area contributed by atoms with Crippen molar-refractivity contribution in [3.8, 4) is 0 Å². The number of phosphoric acid groups is 1. The van der Waals surface area contributed by atoms with Crippen molar-refractivity contribution in [2.45, 2.75) is 24.5 Å². The second-order valence-electron chi connectivity index (χ2n) is 5.24. The molecule has 0 aliphatic carbocycles. The molecule has 6 atom stereocenters. The highest BCUT2D eigenvalue weighted by atomic mass is 31.3. The van der Waals surface area contributed by atoms with Crippen LogP contribution in [0.2, 0.25) is 0 Å². The summed E-state index contributed by atoms with van der Waals surface area (Å²) in [6.45, 7) is -0.0832. The van der Waals surface area contributed by atoms with Crippen molar-refractivity contribution in [3.05, 3.63) is 22.7 Å². The Bertz CT molecular complexity index is 778. The number of anilines is 1. The molecule has 0 bridgehead atoms. The standard InChI is InChI=1S/C10H17N3O10P2/c1-24(17,18)23-25(19,20)21-4-5-7(14)8(15)9(22-5)13-3-2-6(11)12-10(13)16/h2-3,5,7-9,14-15H,4H2,1H3,(H,17,18)(H,19,20)(H2,11,12,16)/t5-,7?,8?,9-/m1/s1. The van der Waals surface area contributed by atoms with Crippen LogP contribution in [0.1, 0.15) is 6.23 Å². The number of ether oxygens (including phenoxy) is 1. The number of phosphoric ester groups is 1. The molecule has 2 rings (SSSR count). The highest BCUT2D eigenvalue weighted by molar-refractivity contribution is 7.63. The topological polar surface area (TPSA) is 204 Å². The van der Waals surface area contributed by atoms with Gasteiger partial charge < -0.3 is 30.5 Å². The van der Waals surface area contributed by atoms with Crippen molar-refractivity contribution >= 4 is 21.2 Å². The van der Waals surface area contributed by atoms with Crippen molar-refractivity contribution in [1.29, 1.82) is 0 Å². The van der Waals surface area contributed by atoms with Crippen molar-refractivity contribution in [3.63, 3.8) is 0 Å². The lowest BCUT2D eigenvalue weighted by Gasteiger charge is -2.18. The van der Waals surface area contributed by atoms with Gasteiger partial charge in [-0.15, -0.1) is 0 Å². The largest absolute Gasteiger partial charge is 0.479 e. The van der Waals surface area contributed by atoms with Crippen molar-refractivity contribution in [2.24, 2.45) is 0 Å². The fourth-order valence-corrected chi connectivity index (χ4v) is 4.15. The van der Waals surface area contributed by atoms with E-state index in [0.29, 0.717) is 6.66 Å². The van der Waals surface area contributed by atoms with E-state index >= 15 is 0 Å². The number of aliphatic hydroxyl groups excluding tert-OH is 2. The fourth-order valence-electron chi connectivity index (χ4n) is 2.10. The Balaban J connectivity index is 2.08. The third kappa shape index (κ3) is 5.17. The van der Waals surface area contributed by atoms with Gasteiger partial charge in [-0.1, -0.05) is 0 Å². The summed E-state index contributed by atoms with van der Waals surface area (Å²) in [5.74, 6) is -0.0551. The first-order valence-corrected chi connectivity index (χ1v) is 10.3. The van der Waals surface area contributed by atoms with Crippen LogP contribution in [-0.2, 0) is 22.7 Å². The van der Waals surface area contributed by atoms with Crippen LogP contribution in [-0.4, -0.2) is 61.1 Å². The lowest BCUT2D eigenvalue weighted by atomic mass is 10.1. The first-order valence-electron chi connectivity index (χ1n) is 6.75. The summed E-state index contributed by atoms with van der Waals surface area (Å²) in [4.78, 5) is 33.5. The van der Waals surface area contributed by atoms with E-state index < -0.39 is 52.3 Å². The molecular formula is C10H17N3O10P2. The summed E-state index contributed by atoms with van der Waals surface area (Å²) in [5.41, 5.74) is 4.50. The van der Waals surface area contributed by atoms with Gasteiger partial charge in [0.15, 0.2) is 6.23 Å². The Kier molecular flexibility index (Phi) is 5.84. The highest BCUT2D eigenvalue weighted by Crippen LogP contribution is 2.58. The maximum absolute atomic E-state index is 11.8. The molecule has 1 fully saturated rings. The number of nitrogen functional groups attached to an aromatic ring is 1. The predicted octanol–water partition coefficient (Wildman–Crippen LogP) is -1.61. The van der Waals surface area contributed by atoms with E-state index in [1.54, 1.807) is 0 Å². The van der Waals surface area contributed by atoms with Gasteiger partial charge in [0.05, 0.1) is 6.61 Å². The first kappa shape index (κ1) is 20.2. The molecule has 0 radical (unpaired) electrons. The zero-order valence-electron chi connectivity index (χ0n) is 12.8. The summed E-state index contributed by atoms with van der Waals surface area (Å²) >= 11 is 0. The molecule has 6 N–H and O–H groups in total. The molecule has 15 heteroatoms. The van der Waals surface area contributed by atoms with Gasteiger partial charge in [0.25, 0.3) is 0 Å². The Hall–Kier alpha value is -1.14. The molecule has 13 nitrogen and oxygen atoms in total. The highest BCUT2D eigenvalue weighted by Gasteiger charge is 2.45. The molecule has 142 valence electrons. The number of rotatable bonds is 6. The maximum atomic E-state index is 11.8. The van der Waals surface area contributed by atoms with Gasteiger partial charge in [0, 0.05) is 12.9 Å². The fraction of sp³-hybridized carbons (Fsp3) is 0.600. The van der Waals surface area contributed by atoms with E-state index in [0.717, 1.165) is 4.57 Å². The Morgan fingerprint density at radius 1 is 1.36 bits per heavy atom. The van der Waals surface area contributed by atoms with Crippen LogP contribution in [0.15, 0.2) is 17.1 Å². The van der Waals surface area contributed by atoms with Gasteiger partial charge in [-0.2, -0.15) is 4.98 Å². The molecular weight excluding hydrogens is 384 g/mol. The predicted molar refractivity (Wildman–Crippen MR) is 81.4 cm³/mol. The molecule has 0 amide bonds. The minimum atomic E-state index is -4.90. The van der Waals surface area contributed by atoms with Gasteiger partial charge >= 0.3 is 21.1 Å². The zero-order valence-corrected chi connectivity index (χ0v) is 14.6. The van der Waals surface area contributed by atoms with Gasteiger partial charge in [-0.3, -0.25) is 13.7 Å². The second-order valence-corrected chi connectivity index (χ2v) is 8.69. The van der Waals surface area contributed by atoms with Crippen LogP contribution < -0.4 is 11.4 Å². The van der Waals surface area contributed by atoms with Crippen molar-refractivity contribution < 1.29 is 42.7 Å². The molecule has 1 saturated heterocycles. The number of hydrogen-bond donors (Lipinski definition) is 5. The molecule has 1 aromatic heterocycles. The monoisotopic (exact) mass is 401 g/mol. The van der Waals surface area contributed by atoms with Crippen molar-refractivity contribution in [2.75, 3.05) is 19.0 Å². The van der Waals surface area contributed by atoms with E-state index in [1.807, 2.05) is 0 Å². The molecule has 4 unspecified atom stereocenters. The molecule has 0 spiro atoms. The molecule has 1 aliphatic heterocycles. The zero-order chi connectivity index (χ0) is 19.0. The molecule has 1 aromatic rings. The molecule has 2 heterocycles. The molecule has 0 aromatic carbocycles. The first-order chi connectivity index (χ1) is 11.4. The van der Waals surface area contributed by atoms with E-state index in [1.165, 1.54) is 12.3 Å². The van der Waals surface area contributed by atoms with Crippen LogP contribution in [0.4, 0.5) is 5.82 Å². The van der Waals surface area contributed by atoms with Crippen LogP contribution >= 0.6 is 15.4 Å². The number of nitrogens with two attached hydrogens (primary N) is 1. The van der Waals surface area contributed by atoms with E-state index in [9.17, 15) is 29.0 Å². The normalized spacial score (nSPS) is 31.4. The quantitative estimate of drug-likeness (QED) is 0.342. The van der Waals surface area contributed by atoms with E-state index in [4.69, 9.17) is 15.4 Å². The van der Waals surface area contributed by atoms with E-state index in [-0.39, 0.29) is 5.82 Å². The molecule has 0 saturated carbocycles. The summed E-state index contributed by atoms with van der Waals surface area (Å²) in [6, 6.07) is 1.27. The Morgan fingerprint density at radius 3 is 2.56 bits per heavy atom. The number of hydrogen-bond acceptors (Lipinski definition) is 10. The van der Waals surface area contributed by atoms with Crippen LogP contribution in [0.3, 0.4) is 0 Å². The lowest BCUT2D eigenvalue weighted by molar-refractivity contribution is -0.0540. The average molecular weight is 401 g/mol. The maximum Gasteiger partial charge on any atom is 0.479 e. The van der Waals surface area contributed by atoms with E-state index in [2.05, 4.69) is 13.8 Å². The Morgan fingerprint density at radius 2 is 2.00 bits per heavy atom. The smallest absolute Gasteiger partial charge is 0.387 e.